The van der Waals surface area contributed by atoms with Gasteiger partial charge in [-0.05, 0) is 55.5 Å². The number of nitrogens with one attached hydrogen (secondary N) is 1. The number of carbonyl (C=O) groups is 1. The van der Waals surface area contributed by atoms with E-state index in [4.69, 9.17) is 9.47 Å². The van der Waals surface area contributed by atoms with E-state index in [1.54, 1.807) is 36.4 Å². The molecule has 7 nitrogen and oxygen atoms in total. The lowest BCUT2D eigenvalue weighted by Gasteiger charge is -2.16. The minimum Gasteiger partial charge on any atom is -0.481 e. The number of amides is 1. The van der Waals surface area contributed by atoms with Gasteiger partial charge in [-0.15, -0.1) is 0 Å². The lowest BCUT2D eigenvalue weighted by atomic mass is 10.1. The van der Waals surface area contributed by atoms with Crippen molar-refractivity contribution in [2.24, 2.45) is 0 Å². The van der Waals surface area contributed by atoms with Gasteiger partial charge in [0.05, 0.1) is 4.92 Å². The van der Waals surface area contributed by atoms with E-state index in [-0.39, 0.29) is 5.69 Å². The molecule has 0 aliphatic heterocycles. The summed E-state index contributed by atoms with van der Waals surface area (Å²) in [7, 11) is 0. The Kier molecular flexibility index (Phi) is 6.62. The molecule has 10 heteroatoms. The Morgan fingerprint density at radius 2 is 1.56 bits per heavy atom. The molecule has 166 valence electrons. The summed E-state index contributed by atoms with van der Waals surface area (Å²) in [5.41, 5.74) is -2.80. The predicted octanol–water partition coefficient (Wildman–Crippen LogP) is 5.81. The molecule has 3 rings (SSSR count). The van der Waals surface area contributed by atoms with Crippen LogP contribution in [0, 0.1) is 10.1 Å². The number of para-hydroxylation sites is 1. The Balaban J connectivity index is 1.64. The van der Waals surface area contributed by atoms with E-state index in [2.05, 4.69) is 5.32 Å². The average molecular weight is 446 g/mol. The number of hydrogen-bond acceptors (Lipinski definition) is 5. The highest BCUT2D eigenvalue weighted by atomic mass is 19.4. The normalized spacial score (nSPS) is 12.0. The van der Waals surface area contributed by atoms with Crippen molar-refractivity contribution in [3.05, 3.63) is 88.5 Å². The quantitative estimate of drug-likeness (QED) is 0.365. The zero-order valence-electron chi connectivity index (χ0n) is 16.6. The molecule has 0 spiro atoms. The SMILES string of the molecule is CC(Oc1ccc(Oc2ccccc2)cc1)C(=O)Nc1ccc([N+](=O)[O-])c(C(F)(F)F)c1. The van der Waals surface area contributed by atoms with Crippen LogP contribution < -0.4 is 14.8 Å². The Bertz CT molecular complexity index is 1100. The van der Waals surface area contributed by atoms with Gasteiger partial charge in [0.15, 0.2) is 6.10 Å². The van der Waals surface area contributed by atoms with Crippen molar-refractivity contribution >= 4 is 17.3 Å². The van der Waals surface area contributed by atoms with Crippen LogP contribution in [-0.2, 0) is 11.0 Å². The maximum absolute atomic E-state index is 13.1. The van der Waals surface area contributed by atoms with Crippen LogP contribution >= 0.6 is 0 Å². The summed E-state index contributed by atoms with van der Waals surface area (Å²) in [5, 5.41) is 13.1. The lowest BCUT2D eigenvalue weighted by Crippen LogP contribution is -2.30. The number of nitro benzene ring substituents is 1. The number of halogens is 3. The molecule has 1 amide bonds. The summed E-state index contributed by atoms with van der Waals surface area (Å²) in [4.78, 5) is 22.0. The summed E-state index contributed by atoms with van der Waals surface area (Å²) in [6.07, 6.45) is -6.00. The summed E-state index contributed by atoms with van der Waals surface area (Å²) < 4.78 is 50.4. The van der Waals surface area contributed by atoms with Gasteiger partial charge in [0, 0.05) is 11.8 Å². The fraction of sp³-hybridized carbons (Fsp3) is 0.136. The molecule has 1 unspecified atom stereocenters. The van der Waals surface area contributed by atoms with Gasteiger partial charge in [0.25, 0.3) is 11.6 Å². The third kappa shape index (κ3) is 5.75. The van der Waals surface area contributed by atoms with E-state index < -0.39 is 34.4 Å². The van der Waals surface area contributed by atoms with Crippen molar-refractivity contribution in [2.45, 2.75) is 19.2 Å². The first-order valence-electron chi connectivity index (χ1n) is 9.29. The van der Waals surface area contributed by atoms with E-state index in [9.17, 15) is 28.1 Å². The molecular formula is C22H17F3N2O5. The molecule has 3 aromatic carbocycles. The Morgan fingerprint density at radius 1 is 0.969 bits per heavy atom. The van der Waals surface area contributed by atoms with Crippen LogP contribution in [0.25, 0.3) is 0 Å². The number of carbonyl (C=O) groups excluding carboxylic acids is 1. The van der Waals surface area contributed by atoms with E-state index in [0.717, 1.165) is 6.07 Å². The Labute approximate surface area is 180 Å². The highest BCUT2D eigenvalue weighted by molar-refractivity contribution is 5.94. The number of ether oxygens (including phenoxy) is 2. The van der Waals surface area contributed by atoms with E-state index in [1.807, 2.05) is 18.2 Å². The van der Waals surface area contributed by atoms with Gasteiger partial charge < -0.3 is 14.8 Å². The van der Waals surface area contributed by atoms with Gasteiger partial charge in [-0.25, -0.2) is 0 Å². The van der Waals surface area contributed by atoms with Crippen LogP contribution in [0.2, 0.25) is 0 Å². The van der Waals surface area contributed by atoms with Gasteiger partial charge in [0.2, 0.25) is 0 Å². The molecule has 0 aliphatic carbocycles. The summed E-state index contributed by atoms with van der Waals surface area (Å²) in [5.74, 6) is 0.811. The summed E-state index contributed by atoms with van der Waals surface area (Å²) in [6.45, 7) is 1.42. The summed E-state index contributed by atoms with van der Waals surface area (Å²) in [6, 6.07) is 17.8. The van der Waals surface area contributed by atoms with Gasteiger partial charge >= 0.3 is 6.18 Å². The molecule has 0 saturated carbocycles. The van der Waals surface area contributed by atoms with Gasteiger partial charge in [-0.1, -0.05) is 18.2 Å². The lowest BCUT2D eigenvalue weighted by molar-refractivity contribution is -0.388. The highest BCUT2D eigenvalue weighted by Crippen LogP contribution is 2.37. The molecule has 32 heavy (non-hydrogen) atoms. The second kappa shape index (κ2) is 9.38. The molecule has 0 fully saturated rings. The van der Waals surface area contributed by atoms with Crippen molar-refractivity contribution in [1.29, 1.82) is 0 Å². The van der Waals surface area contributed by atoms with E-state index in [0.29, 0.717) is 29.4 Å². The first kappa shape index (κ1) is 22.6. The molecular weight excluding hydrogens is 429 g/mol. The molecule has 1 N–H and O–H groups in total. The molecule has 0 radical (unpaired) electrons. The number of rotatable bonds is 7. The van der Waals surface area contributed by atoms with Crippen LogP contribution in [0.3, 0.4) is 0 Å². The van der Waals surface area contributed by atoms with Crippen LogP contribution in [0.15, 0.2) is 72.8 Å². The first-order chi connectivity index (χ1) is 15.1. The third-order valence-corrected chi connectivity index (χ3v) is 4.25. The van der Waals surface area contributed by atoms with Crippen molar-refractivity contribution in [3.8, 4) is 17.2 Å². The third-order valence-electron chi connectivity index (χ3n) is 4.25. The van der Waals surface area contributed by atoms with Crippen molar-refractivity contribution < 1.29 is 32.4 Å². The first-order valence-corrected chi connectivity index (χ1v) is 9.29. The molecule has 0 aliphatic rings. The van der Waals surface area contributed by atoms with Crippen molar-refractivity contribution in [3.63, 3.8) is 0 Å². The fourth-order valence-corrected chi connectivity index (χ4v) is 2.71. The maximum Gasteiger partial charge on any atom is 0.423 e. The van der Waals surface area contributed by atoms with Crippen molar-refractivity contribution in [2.75, 3.05) is 5.32 Å². The molecule has 1 atom stereocenters. The average Bonchev–Trinajstić information content (AvgIpc) is 2.75. The maximum atomic E-state index is 13.1. The topological polar surface area (TPSA) is 90.7 Å². The van der Waals surface area contributed by atoms with Crippen LogP contribution in [0.1, 0.15) is 12.5 Å². The molecule has 3 aromatic rings. The van der Waals surface area contributed by atoms with Gasteiger partial charge in [0.1, 0.15) is 22.8 Å². The number of hydrogen-bond donors (Lipinski definition) is 1. The molecule has 0 bridgehead atoms. The van der Waals surface area contributed by atoms with Gasteiger partial charge in [-0.3, -0.25) is 14.9 Å². The number of nitrogens with zero attached hydrogens (tertiary/aromatic N) is 1. The minimum absolute atomic E-state index is 0.241. The fourth-order valence-electron chi connectivity index (χ4n) is 2.71. The minimum atomic E-state index is -4.95. The number of alkyl halides is 3. The Hall–Kier alpha value is -4.08. The summed E-state index contributed by atoms with van der Waals surface area (Å²) >= 11 is 0. The molecule has 0 aromatic heterocycles. The van der Waals surface area contributed by atoms with Crippen LogP contribution in [0.5, 0.6) is 17.2 Å². The number of anilines is 1. The molecule has 0 heterocycles. The van der Waals surface area contributed by atoms with E-state index in [1.165, 1.54) is 6.92 Å². The number of nitro groups is 1. The standard InChI is InChI=1S/C22H17F3N2O5/c1-14(31-17-8-10-18(11-9-17)32-16-5-3-2-4-6-16)21(28)26-15-7-12-20(27(29)30)19(13-15)22(23,24)25/h2-14H,1H3,(H,26,28). The smallest absolute Gasteiger partial charge is 0.423 e. The monoisotopic (exact) mass is 446 g/mol. The van der Waals surface area contributed by atoms with Crippen molar-refractivity contribution in [1.82, 2.24) is 0 Å². The zero-order chi connectivity index (χ0) is 23.3. The van der Waals surface area contributed by atoms with Crippen LogP contribution in [-0.4, -0.2) is 16.9 Å². The van der Waals surface area contributed by atoms with E-state index >= 15 is 0 Å². The van der Waals surface area contributed by atoms with Crippen LogP contribution in [0.4, 0.5) is 24.5 Å². The highest BCUT2D eigenvalue weighted by Gasteiger charge is 2.38. The molecule has 0 saturated heterocycles. The Morgan fingerprint density at radius 3 is 2.16 bits per heavy atom. The number of benzene rings is 3. The van der Waals surface area contributed by atoms with Gasteiger partial charge in [-0.2, -0.15) is 13.2 Å². The predicted molar refractivity (Wildman–Crippen MR) is 110 cm³/mol. The second-order valence-corrected chi connectivity index (χ2v) is 6.62. The largest absolute Gasteiger partial charge is 0.481 e. The zero-order valence-corrected chi connectivity index (χ0v) is 16.6. The second-order valence-electron chi connectivity index (χ2n) is 6.62.